The summed E-state index contributed by atoms with van der Waals surface area (Å²) in [4.78, 5) is 11.2. The third-order valence-electron chi connectivity index (χ3n) is 2.73. The summed E-state index contributed by atoms with van der Waals surface area (Å²) in [6, 6.07) is 14.2. The SMILES string of the molecule is O=C(O)c1cc(-c2ccccc2)ccc1CS(=O)O. The molecule has 0 radical (unpaired) electrons. The Hall–Kier alpha value is -1.98. The summed E-state index contributed by atoms with van der Waals surface area (Å²) in [5.74, 6) is -1.28. The Bertz CT molecular complexity index is 623. The van der Waals surface area contributed by atoms with Crippen LogP contribution in [0.2, 0.25) is 0 Å². The number of aromatic carboxylic acids is 1. The van der Waals surface area contributed by atoms with E-state index in [1.165, 1.54) is 6.07 Å². The van der Waals surface area contributed by atoms with Gasteiger partial charge in [-0.05, 0) is 22.8 Å². The average Bonchev–Trinajstić information content (AvgIpc) is 2.39. The highest BCUT2D eigenvalue weighted by Crippen LogP contribution is 2.23. The molecule has 1 atom stereocenters. The van der Waals surface area contributed by atoms with Crippen molar-refractivity contribution >= 4 is 17.0 Å². The van der Waals surface area contributed by atoms with Gasteiger partial charge in [0.15, 0.2) is 11.1 Å². The molecule has 0 heterocycles. The van der Waals surface area contributed by atoms with E-state index in [1.54, 1.807) is 12.1 Å². The maximum absolute atomic E-state index is 11.2. The van der Waals surface area contributed by atoms with Gasteiger partial charge in [-0.25, -0.2) is 9.00 Å². The second kappa shape index (κ2) is 5.77. The fourth-order valence-electron chi connectivity index (χ4n) is 1.84. The van der Waals surface area contributed by atoms with Crippen molar-refractivity contribution < 1.29 is 18.7 Å². The summed E-state index contributed by atoms with van der Waals surface area (Å²) < 4.78 is 19.7. The maximum Gasteiger partial charge on any atom is 0.336 e. The summed E-state index contributed by atoms with van der Waals surface area (Å²) in [6.45, 7) is 0. The first kappa shape index (κ1) is 13.5. The Morgan fingerprint density at radius 1 is 1.05 bits per heavy atom. The minimum absolute atomic E-state index is 0.0590. The number of carbonyl (C=O) groups is 1. The summed E-state index contributed by atoms with van der Waals surface area (Å²) in [5.41, 5.74) is 2.09. The average molecular weight is 276 g/mol. The zero-order valence-corrected chi connectivity index (χ0v) is 10.8. The molecule has 1 unspecified atom stereocenters. The van der Waals surface area contributed by atoms with E-state index in [0.29, 0.717) is 5.56 Å². The number of hydrogen-bond acceptors (Lipinski definition) is 2. The minimum Gasteiger partial charge on any atom is -0.478 e. The van der Waals surface area contributed by atoms with Crippen molar-refractivity contribution in [3.8, 4) is 11.1 Å². The predicted molar refractivity (Wildman–Crippen MR) is 73.3 cm³/mol. The molecule has 0 saturated carbocycles. The van der Waals surface area contributed by atoms with Crippen molar-refractivity contribution in [2.45, 2.75) is 5.75 Å². The Morgan fingerprint density at radius 3 is 2.32 bits per heavy atom. The van der Waals surface area contributed by atoms with E-state index in [9.17, 15) is 9.00 Å². The van der Waals surface area contributed by atoms with E-state index in [4.69, 9.17) is 9.66 Å². The lowest BCUT2D eigenvalue weighted by atomic mass is 10.00. The third kappa shape index (κ3) is 3.27. The number of carboxylic acids is 1. The standard InChI is InChI=1S/C14H12O4S/c15-14(16)13-8-11(10-4-2-1-3-5-10)6-7-12(13)9-19(17)18/h1-8H,9H2,(H,15,16)(H,17,18). The van der Waals surface area contributed by atoms with E-state index in [-0.39, 0.29) is 11.3 Å². The molecular weight excluding hydrogens is 264 g/mol. The summed E-state index contributed by atoms with van der Waals surface area (Å²) >= 11 is -2.06. The van der Waals surface area contributed by atoms with Gasteiger partial charge in [-0.2, -0.15) is 0 Å². The van der Waals surface area contributed by atoms with E-state index >= 15 is 0 Å². The lowest BCUT2D eigenvalue weighted by molar-refractivity contribution is 0.0696. The molecule has 5 heteroatoms. The van der Waals surface area contributed by atoms with Crippen molar-refractivity contribution in [2.75, 3.05) is 0 Å². The fourth-order valence-corrected chi connectivity index (χ4v) is 2.36. The molecule has 19 heavy (non-hydrogen) atoms. The van der Waals surface area contributed by atoms with Gasteiger partial charge >= 0.3 is 5.97 Å². The molecule has 0 bridgehead atoms. The largest absolute Gasteiger partial charge is 0.478 e. The van der Waals surface area contributed by atoms with Crippen molar-refractivity contribution in [3.63, 3.8) is 0 Å². The monoisotopic (exact) mass is 276 g/mol. The highest BCUT2D eigenvalue weighted by Gasteiger charge is 2.13. The van der Waals surface area contributed by atoms with Crippen LogP contribution >= 0.6 is 0 Å². The van der Waals surface area contributed by atoms with Gasteiger partial charge in [0.25, 0.3) is 0 Å². The molecular formula is C14H12O4S. The number of carboxylic acid groups (broad SMARTS) is 1. The first-order valence-electron chi connectivity index (χ1n) is 5.57. The van der Waals surface area contributed by atoms with E-state index < -0.39 is 17.0 Å². The highest BCUT2D eigenvalue weighted by molar-refractivity contribution is 7.78. The predicted octanol–water partition coefficient (Wildman–Crippen LogP) is 2.77. The van der Waals surface area contributed by atoms with Gasteiger partial charge in [0.05, 0.1) is 11.3 Å². The molecule has 0 fully saturated rings. The van der Waals surface area contributed by atoms with E-state index in [2.05, 4.69) is 0 Å². The van der Waals surface area contributed by atoms with Crippen LogP contribution in [0.4, 0.5) is 0 Å². The van der Waals surface area contributed by atoms with Crippen molar-refractivity contribution in [1.82, 2.24) is 0 Å². The molecule has 0 aromatic heterocycles. The minimum atomic E-state index is -2.06. The Morgan fingerprint density at radius 2 is 1.74 bits per heavy atom. The van der Waals surface area contributed by atoms with Gasteiger partial charge in [-0.3, -0.25) is 0 Å². The van der Waals surface area contributed by atoms with Crippen LogP contribution in [0.5, 0.6) is 0 Å². The van der Waals surface area contributed by atoms with Gasteiger partial charge < -0.3 is 9.66 Å². The fraction of sp³-hybridized carbons (Fsp3) is 0.0714. The Balaban J connectivity index is 2.48. The first-order chi connectivity index (χ1) is 9.08. The van der Waals surface area contributed by atoms with Crippen LogP contribution in [0, 0.1) is 0 Å². The van der Waals surface area contributed by atoms with Crippen LogP contribution in [-0.2, 0) is 16.8 Å². The topological polar surface area (TPSA) is 74.6 Å². The molecule has 0 amide bonds. The highest BCUT2D eigenvalue weighted by atomic mass is 32.2. The lowest BCUT2D eigenvalue weighted by Crippen LogP contribution is -2.05. The zero-order chi connectivity index (χ0) is 13.8. The maximum atomic E-state index is 11.2. The summed E-state index contributed by atoms with van der Waals surface area (Å²) in [5, 5.41) is 9.17. The molecule has 0 aliphatic heterocycles. The quantitative estimate of drug-likeness (QED) is 0.842. The molecule has 0 saturated heterocycles. The lowest BCUT2D eigenvalue weighted by Gasteiger charge is -2.07. The molecule has 98 valence electrons. The second-order valence-electron chi connectivity index (χ2n) is 4.01. The van der Waals surface area contributed by atoms with Crippen LogP contribution in [-0.4, -0.2) is 19.8 Å². The van der Waals surface area contributed by atoms with Gasteiger partial charge in [-0.15, -0.1) is 0 Å². The number of rotatable bonds is 4. The third-order valence-corrected chi connectivity index (χ3v) is 3.28. The number of benzene rings is 2. The smallest absolute Gasteiger partial charge is 0.336 e. The normalized spacial score (nSPS) is 12.1. The van der Waals surface area contributed by atoms with Crippen LogP contribution in [0.1, 0.15) is 15.9 Å². The second-order valence-corrected chi connectivity index (χ2v) is 4.94. The van der Waals surface area contributed by atoms with Crippen molar-refractivity contribution in [3.05, 3.63) is 59.7 Å². The molecule has 2 N–H and O–H groups in total. The molecule has 0 spiro atoms. The Kier molecular flexibility index (Phi) is 4.09. The molecule has 4 nitrogen and oxygen atoms in total. The number of hydrogen-bond donors (Lipinski definition) is 2. The van der Waals surface area contributed by atoms with Gasteiger partial charge in [0.1, 0.15) is 0 Å². The van der Waals surface area contributed by atoms with Crippen molar-refractivity contribution in [1.29, 1.82) is 0 Å². The molecule has 2 rings (SSSR count). The van der Waals surface area contributed by atoms with Crippen LogP contribution in [0.15, 0.2) is 48.5 Å². The Labute approximate surface area is 113 Å². The molecule has 0 aliphatic rings. The summed E-state index contributed by atoms with van der Waals surface area (Å²) in [6.07, 6.45) is 0. The molecule has 0 aliphatic carbocycles. The van der Waals surface area contributed by atoms with Crippen LogP contribution in [0.25, 0.3) is 11.1 Å². The van der Waals surface area contributed by atoms with Crippen LogP contribution in [0.3, 0.4) is 0 Å². The summed E-state index contributed by atoms with van der Waals surface area (Å²) in [7, 11) is 0. The molecule has 2 aromatic carbocycles. The van der Waals surface area contributed by atoms with E-state index in [0.717, 1.165) is 11.1 Å². The van der Waals surface area contributed by atoms with E-state index in [1.807, 2.05) is 30.3 Å². The van der Waals surface area contributed by atoms with Crippen molar-refractivity contribution in [2.24, 2.45) is 0 Å². The van der Waals surface area contributed by atoms with Crippen LogP contribution < -0.4 is 0 Å². The molecule has 2 aromatic rings. The van der Waals surface area contributed by atoms with Gasteiger partial charge in [0, 0.05) is 0 Å². The van der Waals surface area contributed by atoms with Gasteiger partial charge in [0.2, 0.25) is 0 Å². The zero-order valence-electron chi connectivity index (χ0n) is 9.95. The van der Waals surface area contributed by atoms with Gasteiger partial charge in [-0.1, -0.05) is 42.5 Å². The first-order valence-corrected chi connectivity index (χ1v) is 6.84.